The summed E-state index contributed by atoms with van der Waals surface area (Å²) in [6, 6.07) is -0.984. The number of nitrogens with zero attached hydrogens (tertiary/aromatic N) is 4. The molecule has 0 bridgehead atoms. The van der Waals surface area contributed by atoms with Crippen molar-refractivity contribution in [3.63, 3.8) is 0 Å². The van der Waals surface area contributed by atoms with E-state index in [4.69, 9.17) is 15.3 Å². The highest BCUT2D eigenvalue weighted by molar-refractivity contribution is 8.00. The molecule has 15 heteroatoms. The lowest BCUT2D eigenvalue weighted by atomic mass is 10.0. The number of β-lactam (4-membered cyclic amide) rings is 1. The van der Waals surface area contributed by atoms with Gasteiger partial charge in [0.15, 0.2) is 5.13 Å². The van der Waals surface area contributed by atoms with E-state index in [9.17, 15) is 24.3 Å². The molecule has 0 spiro atoms. The van der Waals surface area contributed by atoms with Crippen molar-refractivity contribution in [3.8, 4) is 0 Å². The van der Waals surface area contributed by atoms with Gasteiger partial charge in [-0.15, -0.1) is 11.8 Å². The molecule has 3 heterocycles. The second-order valence-corrected chi connectivity index (χ2v) is 9.47. The largest absolute Gasteiger partial charge is 0.477 e. The van der Waals surface area contributed by atoms with Crippen LogP contribution in [0.25, 0.3) is 0 Å². The van der Waals surface area contributed by atoms with Gasteiger partial charge in [0.05, 0.1) is 0 Å². The number of carbonyl (C=O) groups excluding carboxylic acids is 3. The molecule has 1 aromatic rings. The smallest absolute Gasteiger partial charge is 0.352 e. The van der Waals surface area contributed by atoms with Gasteiger partial charge in [-0.25, -0.2) is 9.59 Å². The number of thioether (sulfide) groups is 1. The van der Waals surface area contributed by atoms with Gasteiger partial charge < -0.3 is 25.7 Å². The van der Waals surface area contributed by atoms with Gasteiger partial charge in [0, 0.05) is 17.3 Å². The molecule has 2 amide bonds. The molecule has 0 radical (unpaired) electrons. The number of ether oxygens (including phenoxy) is 1. The Morgan fingerprint density at radius 1 is 1.41 bits per heavy atom. The van der Waals surface area contributed by atoms with Crippen LogP contribution in [0.2, 0.25) is 0 Å². The number of nitrogens with two attached hydrogens (primary N) is 1. The standard InChI is InChI=1S/C17H20N6O7S2/c1-17(2,3)30-8(24)6-29-21-9(11-20-16(18)32-22-11)12(25)19-10-13(26)23-7(15(27)28)4-5-31-14(10)23/h4,10,14H,5-6H2,1-3H3,(H,19,25)(H,27,28)(H2,18,20,22)/t10?,14-/m1/s1. The predicted octanol–water partition coefficient (Wildman–Crippen LogP) is -0.449. The Bertz CT molecular complexity index is 1020. The number of oxime groups is 1. The van der Waals surface area contributed by atoms with Crippen molar-refractivity contribution in [1.29, 1.82) is 0 Å². The molecule has 1 unspecified atom stereocenters. The summed E-state index contributed by atoms with van der Waals surface area (Å²) in [5.74, 6) is -3.15. The fourth-order valence-electron chi connectivity index (χ4n) is 2.78. The molecule has 2 aliphatic rings. The number of aromatic nitrogens is 2. The van der Waals surface area contributed by atoms with Gasteiger partial charge in [-0.3, -0.25) is 14.5 Å². The molecule has 0 aliphatic carbocycles. The van der Waals surface area contributed by atoms with Gasteiger partial charge in [-0.05, 0) is 26.8 Å². The zero-order chi connectivity index (χ0) is 23.6. The van der Waals surface area contributed by atoms with Crippen LogP contribution >= 0.6 is 23.3 Å². The molecule has 0 aromatic carbocycles. The van der Waals surface area contributed by atoms with Crippen LogP contribution in [0.15, 0.2) is 16.9 Å². The van der Waals surface area contributed by atoms with E-state index >= 15 is 0 Å². The fourth-order valence-corrected chi connectivity index (χ4v) is 4.41. The van der Waals surface area contributed by atoms with E-state index in [1.165, 1.54) is 17.8 Å². The normalized spacial score (nSPS) is 20.6. The summed E-state index contributed by atoms with van der Waals surface area (Å²) in [6.07, 6.45) is 1.43. The zero-order valence-electron chi connectivity index (χ0n) is 17.2. The van der Waals surface area contributed by atoms with E-state index in [-0.39, 0.29) is 16.7 Å². The van der Waals surface area contributed by atoms with Crippen LogP contribution in [0.4, 0.5) is 5.13 Å². The van der Waals surface area contributed by atoms with Gasteiger partial charge in [0.2, 0.25) is 18.1 Å². The molecule has 2 atom stereocenters. The highest BCUT2D eigenvalue weighted by atomic mass is 32.2. The Morgan fingerprint density at radius 2 is 2.12 bits per heavy atom. The second kappa shape index (κ2) is 9.12. The number of carboxylic acids is 1. The number of nitrogen functional groups attached to an aromatic ring is 1. The monoisotopic (exact) mass is 484 g/mol. The van der Waals surface area contributed by atoms with Crippen LogP contribution in [0.5, 0.6) is 0 Å². The Balaban J connectivity index is 1.71. The molecular formula is C17H20N6O7S2. The average molecular weight is 485 g/mol. The van der Waals surface area contributed by atoms with E-state index in [0.717, 1.165) is 16.4 Å². The molecule has 4 N–H and O–H groups in total. The van der Waals surface area contributed by atoms with Gasteiger partial charge in [-0.2, -0.15) is 9.36 Å². The third kappa shape index (κ3) is 5.16. The third-order valence-electron chi connectivity index (χ3n) is 3.98. The minimum atomic E-state index is -1.23. The molecule has 32 heavy (non-hydrogen) atoms. The van der Waals surface area contributed by atoms with Gasteiger partial charge >= 0.3 is 11.9 Å². The SMILES string of the molecule is CC(C)(C)OC(=O)CON=C(C(=O)NC1C(=O)N2C(C(=O)O)=CCS[C@H]12)c1nsc(N)n1. The molecule has 3 rings (SSSR count). The average Bonchev–Trinajstić information content (AvgIpc) is 3.12. The number of amides is 2. The minimum absolute atomic E-state index is 0.0672. The van der Waals surface area contributed by atoms with Crippen molar-refractivity contribution in [2.24, 2.45) is 5.16 Å². The Kier molecular flexibility index (Phi) is 6.68. The van der Waals surface area contributed by atoms with Crippen LogP contribution in [0.3, 0.4) is 0 Å². The highest BCUT2D eigenvalue weighted by Gasteiger charge is 2.53. The van der Waals surface area contributed by atoms with E-state index in [1.807, 2.05) is 0 Å². The fraction of sp³-hybridized carbons (Fsp3) is 0.471. The lowest BCUT2D eigenvalue weighted by molar-refractivity contribution is -0.160. The molecule has 1 fully saturated rings. The third-order valence-corrected chi connectivity index (χ3v) is 5.71. The summed E-state index contributed by atoms with van der Waals surface area (Å²) >= 11 is 2.11. The lowest BCUT2D eigenvalue weighted by Crippen LogP contribution is -2.70. The topological polar surface area (TPSA) is 186 Å². The van der Waals surface area contributed by atoms with E-state index < -0.39 is 53.1 Å². The van der Waals surface area contributed by atoms with Gasteiger partial charge in [0.1, 0.15) is 22.7 Å². The van der Waals surface area contributed by atoms with Crippen LogP contribution in [0, 0.1) is 0 Å². The van der Waals surface area contributed by atoms with E-state index in [1.54, 1.807) is 20.8 Å². The quantitative estimate of drug-likeness (QED) is 0.197. The van der Waals surface area contributed by atoms with Gasteiger partial charge in [0.25, 0.3) is 11.8 Å². The number of nitrogens with one attached hydrogen (secondary N) is 1. The van der Waals surface area contributed by atoms with Crippen molar-refractivity contribution < 1.29 is 33.9 Å². The first-order valence-electron chi connectivity index (χ1n) is 9.18. The summed E-state index contributed by atoms with van der Waals surface area (Å²) in [7, 11) is 0. The van der Waals surface area contributed by atoms with Crippen LogP contribution in [0.1, 0.15) is 26.6 Å². The number of hydrogen-bond donors (Lipinski definition) is 3. The summed E-state index contributed by atoms with van der Waals surface area (Å²) in [5, 5.41) is 14.9. The van der Waals surface area contributed by atoms with Crippen molar-refractivity contribution in [2.45, 2.75) is 37.8 Å². The number of aliphatic carboxylic acids is 1. The van der Waals surface area contributed by atoms with Crippen LogP contribution in [-0.2, 0) is 28.8 Å². The summed E-state index contributed by atoms with van der Waals surface area (Å²) in [6.45, 7) is 4.47. The molecule has 172 valence electrons. The summed E-state index contributed by atoms with van der Waals surface area (Å²) in [4.78, 5) is 58.3. The van der Waals surface area contributed by atoms with E-state index in [0.29, 0.717) is 5.75 Å². The van der Waals surface area contributed by atoms with Crippen molar-refractivity contribution >= 4 is 57.9 Å². The van der Waals surface area contributed by atoms with Crippen molar-refractivity contribution in [2.75, 3.05) is 18.1 Å². The Labute approximate surface area is 190 Å². The summed E-state index contributed by atoms with van der Waals surface area (Å²) < 4.78 is 9.01. The molecule has 2 aliphatic heterocycles. The van der Waals surface area contributed by atoms with E-state index in [2.05, 4.69) is 19.8 Å². The first-order valence-corrected chi connectivity index (χ1v) is 11.0. The maximum absolute atomic E-state index is 12.8. The van der Waals surface area contributed by atoms with Crippen LogP contribution in [-0.4, -0.2) is 78.2 Å². The molecular weight excluding hydrogens is 464 g/mol. The first-order chi connectivity index (χ1) is 15.0. The maximum Gasteiger partial charge on any atom is 0.352 e. The summed E-state index contributed by atoms with van der Waals surface area (Å²) in [5.41, 5.74) is 4.31. The number of esters is 1. The number of hydrogen-bond acceptors (Lipinski definition) is 12. The highest BCUT2D eigenvalue weighted by Crippen LogP contribution is 2.37. The van der Waals surface area contributed by atoms with Crippen LogP contribution < -0.4 is 11.1 Å². The molecule has 1 aromatic heterocycles. The zero-order valence-corrected chi connectivity index (χ0v) is 18.9. The Morgan fingerprint density at radius 3 is 2.72 bits per heavy atom. The van der Waals surface area contributed by atoms with Crippen molar-refractivity contribution in [3.05, 3.63) is 17.6 Å². The number of anilines is 1. The second-order valence-electron chi connectivity index (χ2n) is 7.53. The number of carbonyl (C=O) groups is 4. The number of carboxylic acid groups (broad SMARTS) is 1. The molecule has 13 nitrogen and oxygen atoms in total. The lowest BCUT2D eigenvalue weighted by Gasteiger charge is -2.48. The predicted molar refractivity (Wildman–Crippen MR) is 113 cm³/mol. The maximum atomic E-state index is 12.8. The van der Waals surface area contributed by atoms with Crippen molar-refractivity contribution in [1.82, 2.24) is 19.6 Å². The first kappa shape index (κ1) is 23.5. The number of fused-ring (bicyclic) bond motifs is 1. The van der Waals surface area contributed by atoms with Gasteiger partial charge in [-0.1, -0.05) is 5.16 Å². The molecule has 0 saturated carbocycles. The number of rotatable bonds is 7. The Hall–Kier alpha value is -3.20. The molecule has 1 saturated heterocycles. The minimum Gasteiger partial charge on any atom is -0.477 e.